The van der Waals surface area contributed by atoms with Gasteiger partial charge in [0.05, 0.1) is 12.2 Å². The third kappa shape index (κ3) is 2.42. The van der Waals surface area contributed by atoms with Crippen LogP contribution in [0.4, 0.5) is 0 Å². The molecule has 2 atom stereocenters. The lowest BCUT2D eigenvalue weighted by atomic mass is 9.83. The van der Waals surface area contributed by atoms with E-state index >= 15 is 0 Å². The number of hydrogen-bond acceptors (Lipinski definition) is 3. The zero-order chi connectivity index (χ0) is 13.3. The molecule has 2 rings (SSSR count). The van der Waals surface area contributed by atoms with E-state index in [1.54, 1.807) is 0 Å². The van der Waals surface area contributed by atoms with Crippen LogP contribution < -0.4 is 5.32 Å². The van der Waals surface area contributed by atoms with Crippen molar-refractivity contribution in [1.82, 2.24) is 10.2 Å². The summed E-state index contributed by atoms with van der Waals surface area (Å²) in [5.41, 5.74) is 0. The zero-order valence-electron chi connectivity index (χ0n) is 12.0. The van der Waals surface area contributed by atoms with Gasteiger partial charge in [-0.15, -0.1) is 0 Å². The molecular weight excluding hydrogens is 244 g/mol. The SMILES string of the molecule is CCC1NC(C(C)C)C(=O)N1CC1(SC)CCC1. The number of carbonyl (C=O) groups is 1. The second-order valence-corrected chi connectivity index (χ2v) is 7.29. The molecule has 0 aromatic heterocycles. The van der Waals surface area contributed by atoms with Crippen molar-refractivity contribution in [3.63, 3.8) is 0 Å². The predicted molar refractivity (Wildman–Crippen MR) is 77.7 cm³/mol. The molecule has 4 heteroatoms. The van der Waals surface area contributed by atoms with Crippen molar-refractivity contribution in [2.45, 2.75) is 63.4 Å². The predicted octanol–water partition coefficient (Wildman–Crippen LogP) is 2.46. The van der Waals surface area contributed by atoms with Gasteiger partial charge in [0.1, 0.15) is 0 Å². The number of carbonyl (C=O) groups excluding carboxylic acids is 1. The van der Waals surface area contributed by atoms with Crippen LogP contribution in [0.2, 0.25) is 0 Å². The maximum Gasteiger partial charge on any atom is 0.241 e. The maximum atomic E-state index is 12.5. The van der Waals surface area contributed by atoms with Crippen LogP contribution in [-0.2, 0) is 4.79 Å². The van der Waals surface area contributed by atoms with Gasteiger partial charge in [0.15, 0.2) is 0 Å². The highest BCUT2D eigenvalue weighted by atomic mass is 32.2. The third-order valence-electron chi connectivity index (χ3n) is 4.51. The van der Waals surface area contributed by atoms with Gasteiger partial charge in [-0.25, -0.2) is 0 Å². The molecule has 3 nitrogen and oxygen atoms in total. The Balaban J connectivity index is 2.08. The van der Waals surface area contributed by atoms with Gasteiger partial charge in [-0.3, -0.25) is 10.1 Å². The second kappa shape index (κ2) is 5.41. The van der Waals surface area contributed by atoms with Gasteiger partial charge in [-0.2, -0.15) is 11.8 Å². The Bertz CT molecular complexity index is 309. The van der Waals surface area contributed by atoms with Crippen LogP contribution in [-0.4, -0.2) is 40.6 Å². The highest BCUT2D eigenvalue weighted by molar-refractivity contribution is 8.00. The van der Waals surface area contributed by atoms with E-state index in [4.69, 9.17) is 0 Å². The lowest BCUT2D eigenvalue weighted by Crippen LogP contribution is -2.49. The number of nitrogens with one attached hydrogen (secondary N) is 1. The molecule has 0 radical (unpaired) electrons. The molecule has 2 aliphatic rings. The normalized spacial score (nSPS) is 30.9. The Hall–Kier alpha value is -0.220. The molecule has 1 saturated heterocycles. The molecule has 1 aliphatic carbocycles. The highest BCUT2D eigenvalue weighted by Gasteiger charge is 2.45. The largest absolute Gasteiger partial charge is 0.324 e. The van der Waals surface area contributed by atoms with E-state index in [0.29, 0.717) is 16.6 Å². The maximum absolute atomic E-state index is 12.5. The summed E-state index contributed by atoms with van der Waals surface area (Å²) in [6, 6.07) is 0.0222. The summed E-state index contributed by atoms with van der Waals surface area (Å²) in [6.45, 7) is 7.34. The van der Waals surface area contributed by atoms with Crippen LogP contribution in [0.15, 0.2) is 0 Å². The Morgan fingerprint density at radius 2 is 2.17 bits per heavy atom. The van der Waals surface area contributed by atoms with Gasteiger partial charge < -0.3 is 4.90 Å². The van der Waals surface area contributed by atoms with Crippen molar-refractivity contribution in [3.05, 3.63) is 0 Å². The lowest BCUT2D eigenvalue weighted by molar-refractivity contribution is -0.131. The van der Waals surface area contributed by atoms with Crippen LogP contribution in [0, 0.1) is 5.92 Å². The van der Waals surface area contributed by atoms with Gasteiger partial charge in [-0.1, -0.05) is 27.2 Å². The fraction of sp³-hybridized carbons (Fsp3) is 0.929. The molecule has 1 saturated carbocycles. The third-order valence-corrected chi connectivity index (χ3v) is 5.91. The molecule has 104 valence electrons. The summed E-state index contributed by atoms with van der Waals surface area (Å²) in [6.07, 6.45) is 7.28. The highest BCUT2D eigenvalue weighted by Crippen LogP contribution is 2.44. The lowest BCUT2D eigenvalue weighted by Gasteiger charge is -2.44. The number of thioether (sulfide) groups is 1. The fourth-order valence-corrected chi connectivity index (χ4v) is 3.98. The minimum atomic E-state index is 0.0222. The van der Waals surface area contributed by atoms with E-state index < -0.39 is 0 Å². The number of hydrogen-bond donors (Lipinski definition) is 1. The van der Waals surface area contributed by atoms with Gasteiger partial charge >= 0.3 is 0 Å². The van der Waals surface area contributed by atoms with Gasteiger partial charge in [0.25, 0.3) is 0 Å². The summed E-state index contributed by atoms with van der Waals surface area (Å²) in [7, 11) is 0. The molecule has 0 bridgehead atoms. The molecule has 1 amide bonds. The van der Waals surface area contributed by atoms with Gasteiger partial charge in [0, 0.05) is 11.3 Å². The van der Waals surface area contributed by atoms with E-state index in [1.807, 2.05) is 11.8 Å². The quantitative estimate of drug-likeness (QED) is 0.833. The molecule has 2 unspecified atom stereocenters. The molecular formula is C14H26N2OS. The van der Waals surface area contributed by atoms with E-state index in [9.17, 15) is 4.79 Å². The Morgan fingerprint density at radius 3 is 2.56 bits per heavy atom. The minimum absolute atomic E-state index is 0.0222. The summed E-state index contributed by atoms with van der Waals surface area (Å²) < 4.78 is 0.344. The Morgan fingerprint density at radius 1 is 1.50 bits per heavy atom. The van der Waals surface area contributed by atoms with E-state index in [-0.39, 0.29) is 12.2 Å². The van der Waals surface area contributed by atoms with Crippen molar-refractivity contribution < 1.29 is 4.79 Å². The Labute approximate surface area is 115 Å². The average Bonchev–Trinajstić information content (AvgIpc) is 2.61. The van der Waals surface area contributed by atoms with Gasteiger partial charge in [0.2, 0.25) is 5.91 Å². The first kappa shape index (κ1) is 14.2. The van der Waals surface area contributed by atoms with Crippen LogP contribution in [0.25, 0.3) is 0 Å². The standard InChI is InChI=1S/C14H26N2OS/c1-5-11-15-12(10(2)3)13(17)16(11)9-14(18-4)7-6-8-14/h10-12,15H,5-9H2,1-4H3. The van der Waals surface area contributed by atoms with E-state index in [1.165, 1.54) is 19.3 Å². The first-order valence-electron chi connectivity index (χ1n) is 7.14. The van der Waals surface area contributed by atoms with Crippen molar-refractivity contribution in [3.8, 4) is 0 Å². The van der Waals surface area contributed by atoms with Crippen LogP contribution in [0.1, 0.15) is 46.5 Å². The summed E-state index contributed by atoms with van der Waals surface area (Å²) >= 11 is 1.95. The topological polar surface area (TPSA) is 32.3 Å². The monoisotopic (exact) mass is 270 g/mol. The second-order valence-electron chi connectivity index (χ2n) is 6.02. The van der Waals surface area contributed by atoms with E-state index in [0.717, 1.165) is 13.0 Å². The summed E-state index contributed by atoms with van der Waals surface area (Å²) in [5.74, 6) is 0.695. The number of nitrogens with zero attached hydrogens (tertiary/aromatic N) is 1. The minimum Gasteiger partial charge on any atom is -0.324 e. The average molecular weight is 270 g/mol. The van der Waals surface area contributed by atoms with Crippen molar-refractivity contribution in [1.29, 1.82) is 0 Å². The van der Waals surface area contributed by atoms with Crippen LogP contribution in [0.3, 0.4) is 0 Å². The first-order valence-corrected chi connectivity index (χ1v) is 8.37. The van der Waals surface area contributed by atoms with Crippen LogP contribution in [0.5, 0.6) is 0 Å². The van der Waals surface area contributed by atoms with Crippen LogP contribution >= 0.6 is 11.8 Å². The Kier molecular flexibility index (Phi) is 4.27. The smallest absolute Gasteiger partial charge is 0.241 e. The number of rotatable bonds is 5. The molecule has 2 fully saturated rings. The van der Waals surface area contributed by atoms with Crippen molar-refractivity contribution in [2.24, 2.45) is 5.92 Å². The molecule has 18 heavy (non-hydrogen) atoms. The molecule has 0 aromatic carbocycles. The molecule has 1 heterocycles. The molecule has 1 aliphatic heterocycles. The van der Waals surface area contributed by atoms with Gasteiger partial charge in [-0.05, 0) is 31.4 Å². The fourth-order valence-electron chi connectivity index (χ4n) is 3.01. The van der Waals surface area contributed by atoms with E-state index in [2.05, 4.69) is 37.2 Å². The zero-order valence-corrected chi connectivity index (χ0v) is 12.8. The number of amides is 1. The molecule has 0 aromatic rings. The molecule has 1 N–H and O–H groups in total. The first-order chi connectivity index (χ1) is 8.53. The molecule has 0 spiro atoms. The summed E-state index contributed by atoms with van der Waals surface area (Å²) in [5, 5.41) is 3.50. The van der Waals surface area contributed by atoms with Crippen molar-refractivity contribution >= 4 is 17.7 Å². The van der Waals surface area contributed by atoms with Crippen molar-refractivity contribution in [2.75, 3.05) is 12.8 Å². The summed E-state index contributed by atoms with van der Waals surface area (Å²) in [4.78, 5) is 14.6.